The summed E-state index contributed by atoms with van der Waals surface area (Å²) in [6, 6.07) is 6.56. The average Bonchev–Trinajstić information content (AvgIpc) is 2.99. The van der Waals surface area contributed by atoms with E-state index in [1.807, 2.05) is 18.5 Å². The molecule has 1 N–H and O–H groups in total. The molecule has 5 heteroatoms. The molecule has 19 heavy (non-hydrogen) atoms. The van der Waals surface area contributed by atoms with Gasteiger partial charge in [0.25, 0.3) is 0 Å². The van der Waals surface area contributed by atoms with Crippen LogP contribution in [0.15, 0.2) is 36.0 Å². The lowest BCUT2D eigenvalue weighted by Crippen LogP contribution is -2.15. The number of thiophene rings is 1. The molecular weight excluding hydrogens is 274 g/mol. The highest BCUT2D eigenvalue weighted by Crippen LogP contribution is 2.32. The summed E-state index contributed by atoms with van der Waals surface area (Å²) in [6.45, 7) is 4.46. The highest BCUT2D eigenvalue weighted by Gasteiger charge is 2.21. The first-order valence-corrected chi connectivity index (χ1v) is 7.55. The fraction of sp³-hybridized carbons (Fsp3) is 0.286. The summed E-state index contributed by atoms with van der Waals surface area (Å²) < 4.78 is 2.97. The minimum atomic E-state index is 0.267. The molecule has 0 aliphatic rings. The second-order valence-electron chi connectivity index (χ2n) is 4.90. The van der Waals surface area contributed by atoms with Gasteiger partial charge in [0, 0.05) is 11.1 Å². The van der Waals surface area contributed by atoms with Crippen LogP contribution in [0.5, 0.6) is 0 Å². The molecule has 0 bridgehead atoms. The van der Waals surface area contributed by atoms with E-state index in [1.165, 1.54) is 4.88 Å². The molecule has 3 heterocycles. The van der Waals surface area contributed by atoms with E-state index in [2.05, 4.69) is 45.9 Å². The molecule has 98 valence electrons. The number of aromatic nitrogens is 3. The molecule has 1 unspecified atom stereocenters. The Hall–Kier alpha value is -1.46. The number of rotatable bonds is 3. The summed E-state index contributed by atoms with van der Waals surface area (Å²) in [5, 5.41) is 2.12. The minimum absolute atomic E-state index is 0.267. The van der Waals surface area contributed by atoms with Crippen LogP contribution in [0.4, 0.5) is 0 Å². The lowest BCUT2D eigenvalue weighted by Gasteiger charge is -2.22. The molecule has 0 aliphatic carbocycles. The standard InChI is InChI=1S/C14H15N3S2/c1-9(2)13(12-4-3-7-19-12)17-11-5-6-15-8-10(11)16-14(17)18/h3-9,13H,1-2H3,(H,16,18). The van der Waals surface area contributed by atoms with Crippen LogP contribution in [0.25, 0.3) is 11.0 Å². The molecule has 0 radical (unpaired) electrons. The quantitative estimate of drug-likeness (QED) is 0.725. The Labute approximate surface area is 120 Å². The van der Waals surface area contributed by atoms with Gasteiger partial charge in [0.2, 0.25) is 0 Å². The third-order valence-electron chi connectivity index (χ3n) is 3.26. The van der Waals surface area contributed by atoms with E-state index in [-0.39, 0.29) is 6.04 Å². The predicted octanol–water partition coefficient (Wildman–Crippen LogP) is 4.40. The lowest BCUT2D eigenvalue weighted by molar-refractivity contribution is 0.449. The Morgan fingerprint density at radius 3 is 2.89 bits per heavy atom. The summed E-state index contributed by atoms with van der Waals surface area (Å²) in [6.07, 6.45) is 3.64. The van der Waals surface area contributed by atoms with E-state index < -0.39 is 0 Å². The second kappa shape index (κ2) is 4.90. The van der Waals surface area contributed by atoms with E-state index in [0.29, 0.717) is 5.92 Å². The van der Waals surface area contributed by atoms with Crippen molar-refractivity contribution >= 4 is 34.6 Å². The van der Waals surface area contributed by atoms with E-state index in [9.17, 15) is 0 Å². The van der Waals surface area contributed by atoms with Crippen molar-refractivity contribution in [1.29, 1.82) is 0 Å². The number of pyridine rings is 1. The molecule has 0 amide bonds. The van der Waals surface area contributed by atoms with Gasteiger partial charge < -0.3 is 9.55 Å². The minimum Gasteiger partial charge on any atom is -0.329 e. The van der Waals surface area contributed by atoms with E-state index in [4.69, 9.17) is 12.2 Å². The molecule has 3 aromatic heterocycles. The van der Waals surface area contributed by atoms with Crippen molar-refractivity contribution in [1.82, 2.24) is 14.5 Å². The van der Waals surface area contributed by atoms with Crippen LogP contribution in [-0.4, -0.2) is 14.5 Å². The zero-order valence-electron chi connectivity index (χ0n) is 10.8. The molecule has 1 atom stereocenters. The van der Waals surface area contributed by atoms with Gasteiger partial charge in [0.05, 0.1) is 23.3 Å². The molecule has 3 aromatic rings. The van der Waals surface area contributed by atoms with Crippen molar-refractivity contribution in [3.05, 3.63) is 45.6 Å². The predicted molar refractivity (Wildman–Crippen MR) is 82.2 cm³/mol. The van der Waals surface area contributed by atoms with Gasteiger partial charge in [-0.1, -0.05) is 19.9 Å². The number of H-pyrrole nitrogens is 1. The van der Waals surface area contributed by atoms with Crippen LogP contribution in [0.1, 0.15) is 24.8 Å². The van der Waals surface area contributed by atoms with Gasteiger partial charge in [-0.15, -0.1) is 11.3 Å². The third kappa shape index (κ3) is 2.13. The van der Waals surface area contributed by atoms with Crippen LogP contribution in [0.2, 0.25) is 0 Å². The SMILES string of the molecule is CC(C)C(c1cccs1)n1c(=S)[nH]c2cnccc21. The summed E-state index contributed by atoms with van der Waals surface area (Å²) in [7, 11) is 0. The van der Waals surface area contributed by atoms with E-state index in [1.54, 1.807) is 11.3 Å². The van der Waals surface area contributed by atoms with E-state index >= 15 is 0 Å². The lowest BCUT2D eigenvalue weighted by atomic mass is 10.0. The topological polar surface area (TPSA) is 33.6 Å². The van der Waals surface area contributed by atoms with Gasteiger partial charge in [-0.05, 0) is 35.6 Å². The Bertz CT molecular complexity index is 737. The van der Waals surface area contributed by atoms with Crippen LogP contribution in [0, 0.1) is 10.7 Å². The Morgan fingerprint density at radius 2 is 2.21 bits per heavy atom. The molecule has 0 saturated heterocycles. The normalized spacial score (nSPS) is 13.2. The maximum atomic E-state index is 5.51. The van der Waals surface area contributed by atoms with Crippen molar-refractivity contribution in [2.45, 2.75) is 19.9 Å². The number of fused-ring (bicyclic) bond motifs is 1. The molecule has 0 spiro atoms. The first-order chi connectivity index (χ1) is 9.18. The molecule has 3 nitrogen and oxygen atoms in total. The van der Waals surface area contributed by atoms with Crippen molar-refractivity contribution in [3.63, 3.8) is 0 Å². The Morgan fingerprint density at radius 1 is 1.37 bits per heavy atom. The smallest absolute Gasteiger partial charge is 0.178 e. The number of hydrogen-bond acceptors (Lipinski definition) is 3. The Balaban J connectivity index is 2.27. The third-order valence-corrected chi connectivity index (χ3v) is 4.50. The van der Waals surface area contributed by atoms with Crippen LogP contribution >= 0.6 is 23.6 Å². The molecule has 0 fully saturated rings. The van der Waals surface area contributed by atoms with Crippen LogP contribution in [0.3, 0.4) is 0 Å². The summed E-state index contributed by atoms with van der Waals surface area (Å²) in [5.41, 5.74) is 2.11. The first kappa shape index (κ1) is 12.6. The highest BCUT2D eigenvalue weighted by molar-refractivity contribution is 7.71. The molecule has 0 aliphatic heterocycles. The largest absolute Gasteiger partial charge is 0.329 e. The molecule has 0 saturated carbocycles. The number of imidazole rings is 1. The highest BCUT2D eigenvalue weighted by atomic mass is 32.1. The zero-order valence-corrected chi connectivity index (χ0v) is 12.5. The summed E-state index contributed by atoms with van der Waals surface area (Å²) >= 11 is 7.28. The van der Waals surface area contributed by atoms with Crippen LogP contribution in [-0.2, 0) is 0 Å². The fourth-order valence-electron chi connectivity index (χ4n) is 2.47. The number of aromatic amines is 1. The van der Waals surface area contributed by atoms with Crippen molar-refractivity contribution < 1.29 is 0 Å². The number of nitrogens with zero attached hydrogens (tertiary/aromatic N) is 2. The maximum absolute atomic E-state index is 5.51. The summed E-state index contributed by atoms with van der Waals surface area (Å²) in [4.78, 5) is 8.73. The van der Waals surface area contributed by atoms with Gasteiger partial charge in [0.15, 0.2) is 4.77 Å². The number of hydrogen-bond donors (Lipinski definition) is 1. The fourth-order valence-corrected chi connectivity index (χ4v) is 3.78. The van der Waals surface area contributed by atoms with Gasteiger partial charge in [-0.3, -0.25) is 4.98 Å². The van der Waals surface area contributed by atoms with Gasteiger partial charge >= 0.3 is 0 Å². The average molecular weight is 289 g/mol. The van der Waals surface area contributed by atoms with Crippen molar-refractivity contribution in [2.75, 3.05) is 0 Å². The van der Waals surface area contributed by atoms with Crippen LogP contribution < -0.4 is 0 Å². The molecular formula is C14H15N3S2. The zero-order chi connectivity index (χ0) is 13.4. The molecule has 0 aromatic carbocycles. The van der Waals surface area contributed by atoms with E-state index in [0.717, 1.165) is 15.8 Å². The van der Waals surface area contributed by atoms with Crippen molar-refractivity contribution in [3.8, 4) is 0 Å². The van der Waals surface area contributed by atoms with Gasteiger partial charge in [0.1, 0.15) is 0 Å². The van der Waals surface area contributed by atoms with Gasteiger partial charge in [-0.25, -0.2) is 0 Å². The number of nitrogens with one attached hydrogen (secondary N) is 1. The second-order valence-corrected chi connectivity index (χ2v) is 6.26. The van der Waals surface area contributed by atoms with Gasteiger partial charge in [-0.2, -0.15) is 0 Å². The molecule has 3 rings (SSSR count). The monoisotopic (exact) mass is 289 g/mol. The van der Waals surface area contributed by atoms with Crippen molar-refractivity contribution in [2.24, 2.45) is 5.92 Å². The summed E-state index contributed by atoms with van der Waals surface area (Å²) in [5.74, 6) is 0.470. The Kier molecular flexibility index (Phi) is 3.24. The maximum Gasteiger partial charge on any atom is 0.178 e. The first-order valence-electron chi connectivity index (χ1n) is 6.26.